The fraction of sp³-hybridized carbons (Fsp3) is 0.200. The third-order valence-corrected chi connectivity index (χ3v) is 4.13. The first-order valence-electron chi connectivity index (χ1n) is 6.10. The first-order valence-corrected chi connectivity index (χ1v) is 7.27. The van der Waals surface area contributed by atoms with Crippen LogP contribution in [0, 0.1) is 5.82 Å². The predicted molar refractivity (Wildman–Crippen MR) is 84.7 cm³/mol. The minimum atomic E-state index is -0.681. The number of ether oxygens (including phenoxy) is 2. The van der Waals surface area contributed by atoms with Gasteiger partial charge in [-0.2, -0.15) is 0 Å². The average molecular weight is 375 g/mol. The van der Waals surface area contributed by atoms with Crippen LogP contribution in [-0.2, 0) is 0 Å². The summed E-state index contributed by atoms with van der Waals surface area (Å²) in [6, 6.07) is 7.22. The zero-order chi connectivity index (χ0) is 15.6. The number of methoxy groups -OCH3 is 2. The van der Waals surface area contributed by atoms with Gasteiger partial charge in [-0.25, -0.2) is 4.39 Å². The normalized spacial score (nSPS) is 12.1. The van der Waals surface area contributed by atoms with E-state index in [1.54, 1.807) is 31.4 Å². The molecule has 21 heavy (non-hydrogen) atoms. The van der Waals surface area contributed by atoms with Gasteiger partial charge in [0.25, 0.3) is 0 Å². The molecular weight excluding hydrogens is 361 g/mol. The van der Waals surface area contributed by atoms with Gasteiger partial charge >= 0.3 is 0 Å². The van der Waals surface area contributed by atoms with Crippen molar-refractivity contribution in [3.63, 3.8) is 0 Å². The van der Waals surface area contributed by atoms with Gasteiger partial charge in [0.15, 0.2) is 0 Å². The maximum Gasteiger partial charge on any atom is 0.141 e. The van der Waals surface area contributed by atoms with Crippen molar-refractivity contribution in [1.29, 1.82) is 0 Å². The molecule has 1 unspecified atom stereocenters. The highest BCUT2D eigenvalue weighted by atomic mass is 79.9. The molecule has 0 fully saturated rings. The summed E-state index contributed by atoms with van der Waals surface area (Å²) in [5.74, 6) is 0.666. The second kappa shape index (κ2) is 6.64. The Balaban J connectivity index is 2.52. The second-order valence-corrected chi connectivity index (χ2v) is 5.58. The van der Waals surface area contributed by atoms with E-state index < -0.39 is 11.9 Å². The van der Waals surface area contributed by atoms with Gasteiger partial charge in [-0.1, -0.05) is 17.7 Å². The Morgan fingerprint density at radius 3 is 2.38 bits per heavy atom. The average Bonchev–Trinajstić information content (AvgIpc) is 2.46. The zero-order valence-electron chi connectivity index (χ0n) is 11.5. The van der Waals surface area contributed by atoms with Crippen LogP contribution >= 0.6 is 27.5 Å². The molecule has 0 saturated heterocycles. The molecule has 2 aromatic carbocycles. The molecule has 1 atom stereocenters. The SMILES string of the molecule is COc1ccc(C(N)c2ccc(Cl)cc2F)c(OC)c1Br. The summed E-state index contributed by atoms with van der Waals surface area (Å²) in [4.78, 5) is 0. The molecule has 0 aliphatic carbocycles. The van der Waals surface area contributed by atoms with E-state index in [0.717, 1.165) is 0 Å². The zero-order valence-corrected chi connectivity index (χ0v) is 13.8. The molecule has 2 rings (SSSR count). The molecule has 112 valence electrons. The molecule has 0 spiro atoms. The van der Waals surface area contributed by atoms with Gasteiger partial charge in [-0.15, -0.1) is 0 Å². The van der Waals surface area contributed by atoms with E-state index in [1.165, 1.54) is 13.2 Å². The van der Waals surface area contributed by atoms with Crippen LogP contribution in [0.3, 0.4) is 0 Å². The van der Waals surface area contributed by atoms with Gasteiger partial charge in [0.1, 0.15) is 21.8 Å². The van der Waals surface area contributed by atoms with Crippen LogP contribution in [-0.4, -0.2) is 14.2 Å². The van der Waals surface area contributed by atoms with Gasteiger partial charge in [0.2, 0.25) is 0 Å². The minimum Gasteiger partial charge on any atom is -0.495 e. The number of hydrogen-bond acceptors (Lipinski definition) is 3. The van der Waals surface area contributed by atoms with E-state index in [2.05, 4.69) is 15.9 Å². The lowest BCUT2D eigenvalue weighted by molar-refractivity contribution is 0.384. The maximum atomic E-state index is 14.0. The van der Waals surface area contributed by atoms with Crippen molar-refractivity contribution in [2.45, 2.75) is 6.04 Å². The van der Waals surface area contributed by atoms with Crippen molar-refractivity contribution >= 4 is 27.5 Å². The van der Waals surface area contributed by atoms with E-state index in [-0.39, 0.29) is 0 Å². The Hall–Kier alpha value is -1.30. The van der Waals surface area contributed by atoms with Crippen LogP contribution in [0.4, 0.5) is 4.39 Å². The summed E-state index contributed by atoms with van der Waals surface area (Å²) in [5, 5.41) is 0.325. The van der Waals surface area contributed by atoms with Crippen LogP contribution < -0.4 is 15.2 Å². The summed E-state index contributed by atoms with van der Waals surface area (Å²) in [5.41, 5.74) is 7.17. The summed E-state index contributed by atoms with van der Waals surface area (Å²) in [6.45, 7) is 0. The number of rotatable bonds is 4. The first-order chi connectivity index (χ1) is 9.99. The minimum absolute atomic E-state index is 0.325. The molecule has 0 heterocycles. The molecule has 2 aromatic rings. The van der Waals surface area contributed by atoms with E-state index in [4.69, 9.17) is 26.8 Å². The third kappa shape index (κ3) is 3.15. The van der Waals surface area contributed by atoms with Crippen LogP contribution in [0.5, 0.6) is 11.5 Å². The summed E-state index contributed by atoms with van der Waals surface area (Å²) in [7, 11) is 3.08. The van der Waals surface area contributed by atoms with Crippen LogP contribution in [0.25, 0.3) is 0 Å². The summed E-state index contributed by atoms with van der Waals surface area (Å²) >= 11 is 9.16. The largest absolute Gasteiger partial charge is 0.495 e. The topological polar surface area (TPSA) is 44.5 Å². The lowest BCUT2D eigenvalue weighted by Gasteiger charge is -2.19. The molecule has 0 aromatic heterocycles. The van der Waals surface area contributed by atoms with Crippen molar-refractivity contribution in [1.82, 2.24) is 0 Å². The Morgan fingerprint density at radius 1 is 1.14 bits per heavy atom. The lowest BCUT2D eigenvalue weighted by atomic mass is 9.98. The monoisotopic (exact) mass is 373 g/mol. The van der Waals surface area contributed by atoms with Gasteiger partial charge < -0.3 is 15.2 Å². The van der Waals surface area contributed by atoms with E-state index in [9.17, 15) is 4.39 Å². The highest BCUT2D eigenvalue weighted by molar-refractivity contribution is 9.10. The quantitative estimate of drug-likeness (QED) is 0.867. The maximum absolute atomic E-state index is 14.0. The Labute approximate surface area is 135 Å². The molecular formula is C15H14BrClFNO2. The standard InChI is InChI=1S/C15H14BrClFNO2/c1-20-12-6-5-10(15(21-2)13(12)16)14(19)9-4-3-8(17)7-11(9)18/h3-7,14H,19H2,1-2H3. The highest BCUT2D eigenvalue weighted by Gasteiger charge is 2.21. The van der Waals surface area contributed by atoms with Crippen LogP contribution in [0.2, 0.25) is 5.02 Å². The van der Waals surface area contributed by atoms with Crippen molar-refractivity contribution in [2.75, 3.05) is 14.2 Å². The third-order valence-electron chi connectivity index (χ3n) is 3.15. The predicted octanol–water partition coefficient (Wildman–Crippen LogP) is 4.31. The van der Waals surface area contributed by atoms with E-state index in [1.807, 2.05) is 0 Å². The van der Waals surface area contributed by atoms with Gasteiger partial charge in [0, 0.05) is 16.1 Å². The molecule has 0 bridgehead atoms. The molecule has 3 nitrogen and oxygen atoms in total. The molecule has 0 amide bonds. The van der Waals surface area contributed by atoms with Gasteiger partial charge in [0.05, 0.1) is 20.3 Å². The number of benzene rings is 2. The van der Waals surface area contributed by atoms with Crippen LogP contribution in [0.1, 0.15) is 17.2 Å². The van der Waals surface area contributed by atoms with Crippen molar-refractivity contribution in [2.24, 2.45) is 5.73 Å². The second-order valence-electron chi connectivity index (χ2n) is 4.35. The van der Waals surface area contributed by atoms with Crippen molar-refractivity contribution in [3.05, 3.63) is 56.8 Å². The van der Waals surface area contributed by atoms with Crippen LogP contribution in [0.15, 0.2) is 34.8 Å². The Bertz CT molecular complexity index is 666. The molecule has 0 radical (unpaired) electrons. The van der Waals surface area contributed by atoms with Crippen molar-refractivity contribution < 1.29 is 13.9 Å². The molecule has 0 saturated carbocycles. The van der Waals surface area contributed by atoms with Crippen molar-refractivity contribution in [3.8, 4) is 11.5 Å². The van der Waals surface area contributed by atoms with E-state index in [0.29, 0.717) is 32.1 Å². The number of halogens is 3. The molecule has 2 N–H and O–H groups in total. The number of hydrogen-bond donors (Lipinski definition) is 1. The van der Waals surface area contributed by atoms with E-state index >= 15 is 0 Å². The highest BCUT2D eigenvalue weighted by Crippen LogP contribution is 2.41. The molecule has 6 heteroatoms. The van der Waals surface area contributed by atoms with Gasteiger partial charge in [-0.3, -0.25) is 0 Å². The smallest absolute Gasteiger partial charge is 0.141 e. The Morgan fingerprint density at radius 2 is 1.81 bits per heavy atom. The summed E-state index contributed by atoms with van der Waals surface area (Å²) < 4.78 is 25.2. The fourth-order valence-electron chi connectivity index (χ4n) is 2.08. The first kappa shape index (κ1) is 16.1. The fourth-order valence-corrected chi connectivity index (χ4v) is 2.93. The summed E-state index contributed by atoms with van der Waals surface area (Å²) in [6.07, 6.45) is 0. The van der Waals surface area contributed by atoms with Gasteiger partial charge in [-0.05, 0) is 40.2 Å². The molecule has 0 aliphatic heterocycles. The Kier molecular flexibility index (Phi) is 5.08. The lowest BCUT2D eigenvalue weighted by Crippen LogP contribution is -2.15. The number of nitrogens with two attached hydrogens (primary N) is 1. The molecule has 0 aliphatic rings.